The van der Waals surface area contributed by atoms with Crippen molar-refractivity contribution in [2.45, 2.75) is 20.4 Å². The average molecular weight is 284 g/mol. The Balaban J connectivity index is 1.99. The molecule has 0 aliphatic carbocycles. The summed E-state index contributed by atoms with van der Waals surface area (Å²) in [7, 11) is 1.84. The minimum atomic E-state index is -0.248. The van der Waals surface area contributed by atoms with Crippen LogP contribution in [0.5, 0.6) is 0 Å². The third kappa shape index (κ3) is 3.95. The van der Waals surface area contributed by atoms with Crippen molar-refractivity contribution in [3.63, 3.8) is 0 Å². The van der Waals surface area contributed by atoms with E-state index in [-0.39, 0.29) is 6.03 Å². The van der Waals surface area contributed by atoms with Gasteiger partial charge in [-0.25, -0.2) is 4.79 Å². The Labute approximate surface area is 124 Å². The summed E-state index contributed by atoms with van der Waals surface area (Å²) in [6.45, 7) is 8.20. The van der Waals surface area contributed by atoms with Crippen molar-refractivity contribution in [1.29, 1.82) is 0 Å². The molecular formula is C16H20N4O. The van der Waals surface area contributed by atoms with Crippen molar-refractivity contribution in [2.24, 2.45) is 7.05 Å². The van der Waals surface area contributed by atoms with Crippen LogP contribution in [0.2, 0.25) is 0 Å². The molecule has 0 fully saturated rings. The molecule has 21 heavy (non-hydrogen) atoms. The van der Waals surface area contributed by atoms with Crippen molar-refractivity contribution in [3.8, 4) is 0 Å². The fourth-order valence-electron chi connectivity index (χ4n) is 1.92. The molecule has 1 aromatic heterocycles. The number of amides is 2. The first-order valence-corrected chi connectivity index (χ1v) is 6.75. The van der Waals surface area contributed by atoms with Gasteiger partial charge in [-0.2, -0.15) is 5.10 Å². The van der Waals surface area contributed by atoms with E-state index in [1.54, 1.807) is 4.68 Å². The molecule has 110 valence electrons. The molecule has 0 aliphatic rings. The molecule has 5 heteroatoms. The highest BCUT2D eigenvalue weighted by molar-refractivity contribution is 5.90. The summed E-state index contributed by atoms with van der Waals surface area (Å²) >= 11 is 0. The van der Waals surface area contributed by atoms with Crippen LogP contribution in [-0.4, -0.2) is 15.8 Å². The van der Waals surface area contributed by atoms with E-state index in [4.69, 9.17) is 0 Å². The number of urea groups is 1. The van der Waals surface area contributed by atoms with E-state index in [0.29, 0.717) is 6.54 Å². The average Bonchev–Trinajstić information content (AvgIpc) is 2.84. The van der Waals surface area contributed by atoms with E-state index in [2.05, 4.69) is 22.3 Å². The molecule has 0 bridgehead atoms. The van der Waals surface area contributed by atoms with E-state index in [9.17, 15) is 4.79 Å². The predicted molar refractivity (Wildman–Crippen MR) is 85.0 cm³/mol. The lowest BCUT2D eigenvalue weighted by molar-refractivity contribution is 0.251. The SMILES string of the molecule is C=C(C)c1ccc(C)c(NC(=O)NCc2ccn(C)n2)c1. The van der Waals surface area contributed by atoms with Crippen LogP contribution in [0.15, 0.2) is 37.0 Å². The molecule has 1 aromatic carbocycles. The summed E-state index contributed by atoms with van der Waals surface area (Å²) in [5.74, 6) is 0. The summed E-state index contributed by atoms with van der Waals surface area (Å²) in [6.07, 6.45) is 1.84. The number of anilines is 1. The van der Waals surface area contributed by atoms with Gasteiger partial charge in [-0.05, 0) is 37.1 Å². The monoisotopic (exact) mass is 284 g/mol. The molecule has 0 radical (unpaired) electrons. The Morgan fingerprint density at radius 1 is 1.38 bits per heavy atom. The largest absolute Gasteiger partial charge is 0.332 e. The molecule has 5 nitrogen and oxygen atoms in total. The first-order chi connectivity index (χ1) is 9.95. The molecule has 1 heterocycles. The maximum absolute atomic E-state index is 11.9. The minimum Gasteiger partial charge on any atom is -0.332 e. The zero-order valence-corrected chi connectivity index (χ0v) is 12.6. The lowest BCUT2D eigenvalue weighted by atomic mass is 10.1. The van der Waals surface area contributed by atoms with Gasteiger partial charge in [0.1, 0.15) is 0 Å². The van der Waals surface area contributed by atoms with Gasteiger partial charge < -0.3 is 10.6 Å². The van der Waals surface area contributed by atoms with Crippen LogP contribution >= 0.6 is 0 Å². The highest BCUT2D eigenvalue weighted by Gasteiger charge is 2.06. The minimum absolute atomic E-state index is 0.248. The topological polar surface area (TPSA) is 59.0 Å². The molecule has 0 unspecified atom stereocenters. The fourth-order valence-corrected chi connectivity index (χ4v) is 1.92. The van der Waals surface area contributed by atoms with Gasteiger partial charge in [0.25, 0.3) is 0 Å². The van der Waals surface area contributed by atoms with Crippen molar-refractivity contribution in [2.75, 3.05) is 5.32 Å². The van der Waals surface area contributed by atoms with E-state index in [1.807, 2.05) is 51.4 Å². The van der Waals surface area contributed by atoms with Crippen molar-refractivity contribution >= 4 is 17.3 Å². The van der Waals surface area contributed by atoms with Crippen LogP contribution in [0.25, 0.3) is 5.57 Å². The maximum atomic E-state index is 11.9. The number of aromatic nitrogens is 2. The number of carbonyl (C=O) groups excluding carboxylic acids is 1. The highest BCUT2D eigenvalue weighted by atomic mass is 16.2. The predicted octanol–water partition coefficient (Wildman–Crippen LogP) is 3.08. The second kappa shape index (κ2) is 6.26. The molecule has 2 rings (SSSR count). The molecule has 0 spiro atoms. The first kappa shape index (κ1) is 14.8. The van der Waals surface area contributed by atoms with E-state index in [1.165, 1.54) is 0 Å². The van der Waals surface area contributed by atoms with Gasteiger partial charge in [-0.3, -0.25) is 4.68 Å². The number of carbonyl (C=O) groups is 1. The van der Waals surface area contributed by atoms with Crippen molar-refractivity contribution in [3.05, 3.63) is 53.9 Å². The van der Waals surface area contributed by atoms with E-state index in [0.717, 1.165) is 28.1 Å². The number of rotatable bonds is 4. The zero-order valence-electron chi connectivity index (χ0n) is 12.6. The molecule has 2 N–H and O–H groups in total. The zero-order chi connectivity index (χ0) is 15.4. The quantitative estimate of drug-likeness (QED) is 0.906. The number of nitrogens with zero attached hydrogens (tertiary/aromatic N) is 2. The summed E-state index contributed by atoms with van der Waals surface area (Å²) < 4.78 is 1.70. The molecule has 0 saturated heterocycles. The van der Waals surface area contributed by atoms with Gasteiger partial charge in [-0.15, -0.1) is 0 Å². The normalized spacial score (nSPS) is 10.2. The molecule has 0 saturated carbocycles. The summed E-state index contributed by atoms with van der Waals surface area (Å²) in [5, 5.41) is 9.85. The standard InChI is InChI=1S/C16H20N4O/c1-11(2)13-6-5-12(3)15(9-13)18-16(21)17-10-14-7-8-20(4)19-14/h5-9H,1,10H2,2-4H3,(H2,17,18,21). The van der Waals surface area contributed by atoms with Crippen LogP contribution in [0.4, 0.5) is 10.5 Å². The van der Waals surface area contributed by atoms with Crippen LogP contribution < -0.4 is 10.6 Å². The van der Waals surface area contributed by atoms with Gasteiger partial charge in [0.05, 0.1) is 12.2 Å². The summed E-state index contributed by atoms with van der Waals surface area (Å²) in [4.78, 5) is 11.9. The number of aryl methyl sites for hydroxylation is 2. The van der Waals surface area contributed by atoms with Gasteiger partial charge in [-0.1, -0.05) is 24.3 Å². The van der Waals surface area contributed by atoms with Gasteiger partial charge in [0.2, 0.25) is 0 Å². The number of allylic oxidation sites excluding steroid dienone is 1. The molecule has 0 atom stereocenters. The Morgan fingerprint density at radius 3 is 2.76 bits per heavy atom. The second-order valence-corrected chi connectivity index (χ2v) is 5.10. The van der Waals surface area contributed by atoms with E-state index < -0.39 is 0 Å². The van der Waals surface area contributed by atoms with Gasteiger partial charge >= 0.3 is 6.03 Å². The first-order valence-electron chi connectivity index (χ1n) is 6.75. The van der Waals surface area contributed by atoms with Crippen molar-refractivity contribution in [1.82, 2.24) is 15.1 Å². The summed E-state index contributed by atoms with van der Waals surface area (Å²) in [6, 6.07) is 7.51. The number of benzene rings is 1. The van der Waals surface area contributed by atoms with Crippen LogP contribution in [0.3, 0.4) is 0 Å². The van der Waals surface area contributed by atoms with Crippen molar-refractivity contribution < 1.29 is 4.79 Å². The highest BCUT2D eigenvalue weighted by Crippen LogP contribution is 2.21. The number of hydrogen-bond donors (Lipinski definition) is 2. The molecule has 0 aliphatic heterocycles. The fraction of sp³-hybridized carbons (Fsp3) is 0.250. The van der Waals surface area contributed by atoms with Crippen LogP contribution in [0, 0.1) is 6.92 Å². The third-order valence-electron chi connectivity index (χ3n) is 3.18. The second-order valence-electron chi connectivity index (χ2n) is 5.10. The van der Waals surface area contributed by atoms with Crippen LogP contribution in [0.1, 0.15) is 23.7 Å². The lowest BCUT2D eigenvalue weighted by Crippen LogP contribution is -2.28. The maximum Gasteiger partial charge on any atom is 0.319 e. The van der Waals surface area contributed by atoms with Gasteiger partial charge in [0.15, 0.2) is 0 Å². The van der Waals surface area contributed by atoms with Gasteiger partial charge in [0, 0.05) is 18.9 Å². The molecule has 2 amide bonds. The third-order valence-corrected chi connectivity index (χ3v) is 3.18. The Morgan fingerprint density at radius 2 is 2.14 bits per heavy atom. The smallest absolute Gasteiger partial charge is 0.319 e. The Bertz CT molecular complexity index is 673. The molecule has 2 aromatic rings. The molecular weight excluding hydrogens is 264 g/mol. The lowest BCUT2D eigenvalue weighted by Gasteiger charge is -2.11. The number of hydrogen-bond acceptors (Lipinski definition) is 2. The number of nitrogens with one attached hydrogen (secondary N) is 2. The van der Waals surface area contributed by atoms with Crippen LogP contribution in [-0.2, 0) is 13.6 Å². The summed E-state index contributed by atoms with van der Waals surface area (Å²) in [5.41, 5.74) is 4.59. The Kier molecular flexibility index (Phi) is 4.42. The van der Waals surface area contributed by atoms with E-state index >= 15 is 0 Å². The Hall–Kier alpha value is -2.56.